The van der Waals surface area contributed by atoms with Crippen LogP contribution in [0, 0.1) is 29.0 Å². The molecule has 47 heavy (non-hydrogen) atoms. The van der Waals surface area contributed by atoms with Crippen molar-refractivity contribution in [3.05, 3.63) is 89.0 Å². The lowest BCUT2D eigenvalue weighted by Gasteiger charge is -2.61. The standard InChI is InChI=1S/C37H44FN7O2/c1-24-31-19-26(37(31,2)3)20-33(24)42-36(44-17-15-43(16-18-44)28-9-12-39-13-10-28)41-27-6-8-30-34(21-27)40-23-45(35(30)46)14-11-25-5-7-29(47-4)22-32(25)38/h5-10,12-13,21-24,26,31,33H,11,14-20H2,1-4H3,(H,41,42). The van der Waals surface area contributed by atoms with Crippen molar-refractivity contribution in [3.8, 4) is 5.75 Å². The molecule has 0 spiro atoms. The molecule has 4 fully saturated rings. The zero-order valence-corrected chi connectivity index (χ0v) is 27.7. The fourth-order valence-corrected chi connectivity index (χ4v) is 8.00. The van der Waals surface area contributed by atoms with Crippen LogP contribution >= 0.6 is 0 Å². The summed E-state index contributed by atoms with van der Waals surface area (Å²) < 4.78 is 21.1. The third-order valence-corrected chi connectivity index (χ3v) is 11.2. The van der Waals surface area contributed by atoms with Gasteiger partial charge in [-0.2, -0.15) is 0 Å². The maximum Gasteiger partial charge on any atom is 0.261 e. The summed E-state index contributed by atoms with van der Waals surface area (Å²) in [7, 11) is 1.51. The van der Waals surface area contributed by atoms with Crippen molar-refractivity contribution in [1.82, 2.24) is 19.4 Å². The number of anilines is 2. The van der Waals surface area contributed by atoms with Crippen LogP contribution in [0.25, 0.3) is 10.9 Å². The Morgan fingerprint density at radius 2 is 1.85 bits per heavy atom. The minimum Gasteiger partial charge on any atom is -0.497 e. The summed E-state index contributed by atoms with van der Waals surface area (Å²) in [5.74, 6) is 2.96. The first kappa shape index (κ1) is 31.1. The molecule has 1 N–H and O–H groups in total. The highest BCUT2D eigenvalue weighted by Crippen LogP contribution is 2.61. The highest BCUT2D eigenvalue weighted by Gasteiger charge is 2.56. The lowest BCUT2D eigenvalue weighted by molar-refractivity contribution is -0.108. The van der Waals surface area contributed by atoms with Crippen LogP contribution in [0.15, 0.2) is 77.0 Å². The third kappa shape index (κ3) is 6.05. The fraction of sp³-hybridized carbons (Fsp3) is 0.459. The number of methoxy groups -OCH3 is 1. The van der Waals surface area contributed by atoms with E-state index in [1.807, 2.05) is 30.6 Å². The van der Waals surface area contributed by atoms with Gasteiger partial charge in [0.1, 0.15) is 11.6 Å². The van der Waals surface area contributed by atoms with Crippen LogP contribution in [0.3, 0.4) is 0 Å². The van der Waals surface area contributed by atoms with Crippen molar-refractivity contribution in [3.63, 3.8) is 0 Å². The molecule has 2 aromatic heterocycles. The Morgan fingerprint density at radius 1 is 1.06 bits per heavy atom. The summed E-state index contributed by atoms with van der Waals surface area (Å²) in [6, 6.07) is 14.9. The molecule has 8 rings (SSSR count). The van der Waals surface area contributed by atoms with Gasteiger partial charge in [-0.1, -0.05) is 26.8 Å². The molecule has 2 aromatic carbocycles. The molecular formula is C37H44FN7O2. The lowest BCUT2D eigenvalue weighted by Crippen LogP contribution is -2.57. The summed E-state index contributed by atoms with van der Waals surface area (Å²) in [6.45, 7) is 11.0. The van der Waals surface area contributed by atoms with Gasteiger partial charge in [0.15, 0.2) is 5.96 Å². The van der Waals surface area contributed by atoms with E-state index in [2.05, 4.69) is 58.0 Å². The number of aryl methyl sites for hydroxylation is 2. The van der Waals surface area contributed by atoms with Crippen LogP contribution in [0.1, 0.15) is 39.2 Å². The maximum absolute atomic E-state index is 14.5. The Hall–Kier alpha value is -4.47. The second-order valence-electron chi connectivity index (χ2n) is 14.0. The van der Waals surface area contributed by atoms with E-state index < -0.39 is 0 Å². The van der Waals surface area contributed by atoms with Crippen molar-refractivity contribution in [2.45, 2.75) is 52.6 Å². The number of benzene rings is 2. The third-order valence-electron chi connectivity index (χ3n) is 11.2. The largest absolute Gasteiger partial charge is 0.497 e. The summed E-state index contributed by atoms with van der Waals surface area (Å²) in [5, 5.41) is 4.19. The van der Waals surface area contributed by atoms with Gasteiger partial charge in [-0.05, 0) is 84.4 Å². The number of piperazine rings is 1. The molecule has 2 bridgehead atoms. The summed E-state index contributed by atoms with van der Waals surface area (Å²) >= 11 is 0. The zero-order chi connectivity index (χ0) is 32.7. The molecule has 3 heterocycles. The second-order valence-corrected chi connectivity index (χ2v) is 14.0. The molecule has 10 heteroatoms. The average molecular weight is 638 g/mol. The van der Waals surface area contributed by atoms with Gasteiger partial charge in [0.2, 0.25) is 0 Å². The van der Waals surface area contributed by atoms with Gasteiger partial charge in [-0.15, -0.1) is 0 Å². The van der Waals surface area contributed by atoms with E-state index in [9.17, 15) is 9.18 Å². The highest BCUT2D eigenvalue weighted by atomic mass is 19.1. The van der Waals surface area contributed by atoms with Crippen LogP contribution in [-0.4, -0.2) is 64.7 Å². The average Bonchev–Trinajstić information content (AvgIpc) is 3.09. The molecule has 4 unspecified atom stereocenters. The normalized spacial score (nSPS) is 23.8. The molecule has 4 aromatic rings. The van der Waals surface area contributed by atoms with Crippen LogP contribution in [0.4, 0.5) is 15.8 Å². The number of hydrogen-bond acceptors (Lipinski definition) is 6. The molecular weight excluding hydrogens is 593 g/mol. The maximum atomic E-state index is 14.5. The summed E-state index contributed by atoms with van der Waals surface area (Å²) in [5.41, 5.74) is 3.44. The molecule has 0 amide bonds. The Balaban J connectivity index is 1.11. The first-order chi connectivity index (χ1) is 22.7. The van der Waals surface area contributed by atoms with E-state index >= 15 is 0 Å². The van der Waals surface area contributed by atoms with Gasteiger partial charge in [-0.25, -0.2) is 14.4 Å². The monoisotopic (exact) mass is 637 g/mol. The predicted molar refractivity (Wildman–Crippen MR) is 185 cm³/mol. The Labute approximate surface area is 275 Å². The predicted octanol–water partition coefficient (Wildman–Crippen LogP) is 5.84. The fourth-order valence-electron chi connectivity index (χ4n) is 8.00. The number of nitrogens with one attached hydrogen (secondary N) is 1. The number of aromatic nitrogens is 3. The number of rotatable bonds is 7. The highest BCUT2D eigenvalue weighted by molar-refractivity contribution is 5.96. The number of halogens is 1. The van der Waals surface area contributed by atoms with Crippen LogP contribution in [-0.2, 0) is 13.0 Å². The number of hydrogen-bond donors (Lipinski definition) is 1. The van der Waals surface area contributed by atoms with E-state index in [0.717, 1.165) is 50.2 Å². The molecule has 246 valence electrons. The molecule has 3 aliphatic carbocycles. The molecule has 1 saturated heterocycles. The van der Waals surface area contributed by atoms with Gasteiger partial charge in [0.25, 0.3) is 5.56 Å². The molecule has 0 radical (unpaired) electrons. The Bertz CT molecular complexity index is 1830. The number of guanidine groups is 1. The second kappa shape index (κ2) is 12.6. The minimum atomic E-state index is -0.346. The lowest BCUT2D eigenvalue weighted by atomic mass is 9.45. The molecule has 3 saturated carbocycles. The number of pyridine rings is 1. The van der Waals surface area contributed by atoms with Gasteiger partial charge in [0.05, 0.1) is 30.4 Å². The SMILES string of the molecule is COc1ccc(CCn2cnc3cc(NC(=NC4CC5CC(C4C)C5(C)C)N4CCN(c5ccncc5)CC4)ccc3c2=O)c(F)c1. The molecule has 1 aliphatic heterocycles. The van der Waals surface area contributed by atoms with Crippen LogP contribution in [0.2, 0.25) is 0 Å². The Morgan fingerprint density at radius 3 is 2.55 bits per heavy atom. The van der Waals surface area contributed by atoms with Crippen LogP contribution < -0.4 is 20.5 Å². The van der Waals surface area contributed by atoms with Gasteiger partial charge in [0, 0.05) is 62.6 Å². The van der Waals surface area contributed by atoms with Crippen molar-refractivity contribution < 1.29 is 9.13 Å². The van der Waals surface area contributed by atoms with Crippen molar-refractivity contribution in [2.75, 3.05) is 43.5 Å². The number of ether oxygens (including phenoxy) is 1. The number of aliphatic imine (C=N–C) groups is 1. The van der Waals surface area contributed by atoms with E-state index in [4.69, 9.17) is 9.73 Å². The van der Waals surface area contributed by atoms with E-state index in [1.165, 1.54) is 25.3 Å². The zero-order valence-electron chi connectivity index (χ0n) is 27.7. The molecule has 9 nitrogen and oxygen atoms in total. The number of fused-ring (bicyclic) bond motifs is 3. The summed E-state index contributed by atoms with van der Waals surface area (Å²) in [4.78, 5) is 32.4. The van der Waals surface area contributed by atoms with Gasteiger partial charge >= 0.3 is 0 Å². The van der Waals surface area contributed by atoms with E-state index in [1.54, 1.807) is 23.0 Å². The van der Waals surface area contributed by atoms with Crippen molar-refractivity contribution in [1.29, 1.82) is 0 Å². The quantitative estimate of drug-likeness (QED) is 0.201. The van der Waals surface area contributed by atoms with Gasteiger partial charge < -0.3 is 19.9 Å². The van der Waals surface area contributed by atoms with Gasteiger partial charge in [-0.3, -0.25) is 14.3 Å². The summed E-state index contributed by atoms with van der Waals surface area (Å²) in [6.07, 6.45) is 8.05. The number of nitrogens with zero attached hydrogens (tertiary/aromatic N) is 6. The van der Waals surface area contributed by atoms with Crippen molar-refractivity contribution in [2.24, 2.45) is 28.2 Å². The smallest absolute Gasteiger partial charge is 0.261 e. The first-order valence-corrected chi connectivity index (χ1v) is 16.8. The topological polar surface area (TPSA) is 87.9 Å². The Kier molecular flexibility index (Phi) is 8.36. The van der Waals surface area contributed by atoms with E-state index in [-0.39, 0.29) is 17.4 Å². The first-order valence-electron chi connectivity index (χ1n) is 16.8. The van der Waals surface area contributed by atoms with E-state index in [0.29, 0.717) is 52.4 Å². The minimum absolute atomic E-state index is 0.144. The van der Waals surface area contributed by atoms with Crippen molar-refractivity contribution >= 4 is 28.2 Å². The van der Waals surface area contributed by atoms with Crippen LogP contribution in [0.5, 0.6) is 5.75 Å². The molecule has 4 aliphatic rings. The molecule has 4 atom stereocenters.